The van der Waals surface area contributed by atoms with Gasteiger partial charge in [0.2, 0.25) is 21.8 Å². The highest BCUT2D eigenvalue weighted by molar-refractivity contribution is 7.89. The summed E-state index contributed by atoms with van der Waals surface area (Å²) in [6.07, 6.45) is 6.31. The Morgan fingerprint density at radius 3 is 2.30 bits per heavy atom. The van der Waals surface area contributed by atoms with E-state index in [0.717, 1.165) is 31.2 Å². The van der Waals surface area contributed by atoms with Crippen molar-refractivity contribution in [3.05, 3.63) is 65.2 Å². The summed E-state index contributed by atoms with van der Waals surface area (Å²) < 4.78 is 26.9. The summed E-state index contributed by atoms with van der Waals surface area (Å²) in [5.41, 5.74) is 0.880. The van der Waals surface area contributed by atoms with Crippen LogP contribution in [0.3, 0.4) is 0 Å². The summed E-state index contributed by atoms with van der Waals surface area (Å²) in [6, 6.07) is 15.0. The molecule has 37 heavy (non-hydrogen) atoms. The maximum atomic E-state index is 13.5. The van der Waals surface area contributed by atoms with E-state index in [1.165, 1.54) is 17.8 Å². The molecule has 1 fully saturated rings. The van der Waals surface area contributed by atoms with Crippen LogP contribution < -0.4 is 5.32 Å². The molecule has 0 heterocycles. The molecule has 0 bridgehead atoms. The van der Waals surface area contributed by atoms with Gasteiger partial charge in [-0.25, -0.2) is 12.7 Å². The fraction of sp³-hybridized carbons (Fsp3) is 0.500. The standard InChI is InChI=1S/C28H38ClN3O4S/c1-3-26(28(34)30-24-11-6-4-7-12-24)32(21-22-16-18-23(29)19-17-22)27(33)15-10-20-31(2)37(35,36)25-13-8-5-9-14-25/h5,8-9,13-14,16-19,24,26H,3-4,6-7,10-12,15,20-21H2,1-2H3,(H,30,34)/t26-/m0/s1. The van der Waals surface area contributed by atoms with Crippen molar-refractivity contribution < 1.29 is 18.0 Å². The van der Waals surface area contributed by atoms with Crippen molar-refractivity contribution >= 4 is 33.4 Å². The van der Waals surface area contributed by atoms with Crippen LogP contribution in [0, 0.1) is 0 Å². The van der Waals surface area contributed by atoms with E-state index in [1.807, 2.05) is 19.1 Å². The van der Waals surface area contributed by atoms with Crippen LogP contribution in [-0.2, 0) is 26.2 Å². The maximum absolute atomic E-state index is 13.5. The van der Waals surface area contributed by atoms with E-state index < -0.39 is 16.1 Å². The number of hydrogen-bond donors (Lipinski definition) is 1. The Morgan fingerprint density at radius 1 is 1.03 bits per heavy atom. The monoisotopic (exact) mass is 547 g/mol. The molecule has 2 aromatic rings. The molecule has 7 nitrogen and oxygen atoms in total. The quantitative estimate of drug-likeness (QED) is 0.405. The van der Waals surface area contributed by atoms with Crippen LogP contribution in [0.25, 0.3) is 0 Å². The molecule has 1 saturated carbocycles. The normalized spacial score (nSPS) is 15.4. The summed E-state index contributed by atoms with van der Waals surface area (Å²) in [4.78, 5) is 28.6. The van der Waals surface area contributed by atoms with Gasteiger partial charge in [0.15, 0.2) is 0 Å². The Balaban J connectivity index is 1.69. The van der Waals surface area contributed by atoms with Gasteiger partial charge in [0.1, 0.15) is 6.04 Å². The summed E-state index contributed by atoms with van der Waals surface area (Å²) in [6.45, 7) is 2.39. The molecule has 0 saturated heterocycles. The number of sulfonamides is 1. The Kier molecular flexibility index (Phi) is 11.0. The van der Waals surface area contributed by atoms with Crippen LogP contribution in [0.4, 0.5) is 0 Å². The summed E-state index contributed by atoms with van der Waals surface area (Å²) >= 11 is 6.04. The molecular formula is C28H38ClN3O4S. The molecule has 2 amide bonds. The minimum absolute atomic E-state index is 0.125. The zero-order chi connectivity index (χ0) is 26.8. The lowest BCUT2D eigenvalue weighted by Gasteiger charge is -2.33. The SMILES string of the molecule is CC[C@@H](C(=O)NC1CCCCC1)N(Cc1ccc(Cl)cc1)C(=O)CCCN(C)S(=O)(=O)c1ccccc1. The lowest BCUT2D eigenvalue weighted by molar-refractivity contribution is -0.141. The van der Waals surface area contributed by atoms with Gasteiger partial charge in [0, 0.05) is 37.6 Å². The summed E-state index contributed by atoms with van der Waals surface area (Å²) in [5, 5.41) is 3.77. The van der Waals surface area contributed by atoms with Crippen molar-refractivity contribution in [3.8, 4) is 0 Å². The molecule has 0 aromatic heterocycles. The Morgan fingerprint density at radius 2 is 1.68 bits per heavy atom. The molecule has 0 radical (unpaired) electrons. The van der Waals surface area contributed by atoms with Gasteiger partial charge in [-0.3, -0.25) is 9.59 Å². The number of nitrogens with one attached hydrogen (secondary N) is 1. The summed E-state index contributed by atoms with van der Waals surface area (Å²) in [5.74, 6) is -0.299. The van der Waals surface area contributed by atoms with Crippen molar-refractivity contribution in [1.29, 1.82) is 0 Å². The predicted molar refractivity (Wildman–Crippen MR) is 147 cm³/mol. The van der Waals surface area contributed by atoms with E-state index in [-0.39, 0.29) is 42.3 Å². The first kappa shape index (κ1) is 29.1. The van der Waals surface area contributed by atoms with Gasteiger partial charge in [-0.05, 0) is 55.5 Å². The lowest BCUT2D eigenvalue weighted by atomic mass is 9.95. The van der Waals surface area contributed by atoms with Crippen LogP contribution >= 0.6 is 11.6 Å². The highest BCUT2D eigenvalue weighted by atomic mass is 35.5. The van der Waals surface area contributed by atoms with E-state index in [9.17, 15) is 18.0 Å². The molecule has 1 atom stereocenters. The smallest absolute Gasteiger partial charge is 0.243 e. The molecule has 0 unspecified atom stereocenters. The van der Waals surface area contributed by atoms with Gasteiger partial charge in [-0.2, -0.15) is 0 Å². The number of carbonyl (C=O) groups excluding carboxylic acids is 2. The van der Waals surface area contributed by atoms with Gasteiger partial charge >= 0.3 is 0 Å². The summed E-state index contributed by atoms with van der Waals surface area (Å²) in [7, 11) is -2.11. The van der Waals surface area contributed by atoms with Crippen molar-refractivity contribution in [2.24, 2.45) is 0 Å². The van der Waals surface area contributed by atoms with Crippen LogP contribution in [0.5, 0.6) is 0 Å². The van der Waals surface area contributed by atoms with Crippen molar-refractivity contribution in [2.75, 3.05) is 13.6 Å². The van der Waals surface area contributed by atoms with Gasteiger partial charge in [0.25, 0.3) is 0 Å². The molecule has 3 rings (SSSR count). The third kappa shape index (κ3) is 8.28. The van der Waals surface area contributed by atoms with Crippen LogP contribution in [0.1, 0.15) is 63.9 Å². The number of hydrogen-bond acceptors (Lipinski definition) is 4. The molecule has 2 aromatic carbocycles. The molecule has 1 N–H and O–H groups in total. The average molecular weight is 548 g/mol. The van der Waals surface area contributed by atoms with Crippen molar-refractivity contribution in [2.45, 2.75) is 81.8 Å². The first-order chi connectivity index (χ1) is 17.7. The molecule has 0 spiro atoms. The lowest BCUT2D eigenvalue weighted by Crippen LogP contribution is -2.51. The maximum Gasteiger partial charge on any atom is 0.243 e. The minimum atomic E-state index is -3.63. The third-order valence-corrected chi connectivity index (χ3v) is 9.04. The fourth-order valence-electron chi connectivity index (χ4n) is 4.74. The van der Waals surface area contributed by atoms with E-state index in [2.05, 4.69) is 5.32 Å². The van der Waals surface area contributed by atoms with Crippen molar-refractivity contribution in [1.82, 2.24) is 14.5 Å². The van der Waals surface area contributed by atoms with Crippen LogP contribution in [0.15, 0.2) is 59.5 Å². The minimum Gasteiger partial charge on any atom is -0.352 e. The molecule has 202 valence electrons. The van der Waals surface area contributed by atoms with Gasteiger partial charge < -0.3 is 10.2 Å². The second kappa shape index (κ2) is 13.9. The predicted octanol–water partition coefficient (Wildman–Crippen LogP) is 5.00. The third-order valence-electron chi connectivity index (χ3n) is 6.92. The number of halogens is 1. The van der Waals surface area contributed by atoms with E-state index in [1.54, 1.807) is 47.4 Å². The number of amides is 2. The van der Waals surface area contributed by atoms with Gasteiger partial charge in [-0.15, -0.1) is 0 Å². The highest BCUT2D eigenvalue weighted by Gasteiger charge is 2.30. The molecule has 0 aliphatic heterocycles. The number of benzene rings is 2. The van der Waals surface area contributed by atoms with Crippen molar-refractivity contribution in [3.63, 3.8) is 0 Å². The Labute approximate surface area is 226 Å². The van der Waals surface area contributed by atoms with Gasteiger partial charge in [-0.1, -0.05) is 68.1 Å². The molecule has 9 heteroatoms. The zero-order valence-corrected chi connectivity index (χ0v) is 23.3. The number of nitrogens with zero attached hydrogens (tertiary/aromatic N) is 2. The largest absolute Gasteiger partial charge is 0.352 e. The number of carbonyl (C=O) groups is 2. The second-order valence-corrected chi connectivity index (χ2v) is 12.1. The van der Waals surface area contributed by atoms with E-state index in [4.69, 9.17) is 11.6 Å². The van der Waals surface area contributed by atoms with E-state index >= 15 is 0 Å². The molecular weight excluding hydrogens is 510 g/mol. The number of rotatable bonds is 12. The fourth-order valence-corrected chi connectivity index (χ4v) is 6.10. The first-order valence-electron chi connectivity index (χ1n) is 13.1. The Hall–Kier alpha value is -2.42. The molecule has 1 aliphatic rings. The second-order valence-electron chi connectivity index (χ2n) is 9.66. The Bertz CT molecular complexity index is 1120. The van der Waals surface area contributed by atoms with Crippen LogP contribution in [-0.4, -0.2) is 55.1 Å². The molecule has 1 aliphatic carbocycles. The topological polar surface area (TPSA) is 86.8 Å². The highest BCUT2D eigenvalue weighted by Crippen LogP contribution is 2.21. The zero-order valence-electron chi connectivity index (χ0n) is 21.7. The average Bonchev–Trinajstić information content (AvgIpc) is 2.90. The van der Waals surface area contributed by atoms with E-state index in [0.29, 0.717) is 17.9 Å². The van der Waals surface area contributed by atoms with Crippen LogP contribution in [0.2, 0.25) is 5.02 Å². The first-order valence-corrected chi connectivity index (χ1v) is 14.9. The van der Waals surface area contributed by atoms with Gasteiger partial charge in [0.05, 0.1) is 4.90 Å².